The average Bonchev–Trinajstić information content (AvgIpc) is 3.06. The second-order valence-electron chi connectivity index (χ2n) is 5.69. The third-order valence-electron chi connectivity index (χ3n) is 4.03. The van der Waals surface area contributed by atoms with Crippen LogP contribution in [0.1, 0.15) is 16.8 Å². The molecule has 0 unspecified atom stereocenters. The van der Waals surface area contributed by atoms with Crippen molar-refractivity contribution in [2.45, 2.75) is 26.5 Å². The van der Waals surface area contributed by atoms with E-state index in [-0.39, 0.29) is 22.3 Å². The molecule has 26 heavy (non-hydrogen) atoms. The van der Waals surface area contributed by atoms with Crippen molar-refractivity contribution in [2.75, 3.05) is 0 Å². The van der Waals surface area contributed by atoms with Gasteiger partial charge in [0.05, 0.1) is 17.0 Å². The van der Waals surface area contributed by atoms with Gasteiger partial charge in [0.2, 0.25) is 0 Å². The highest BCUT2D eigenvalue weighted by Crippen LogP contribution is 2.35. The molecule has 2 heterocycles. The molecule has 3 aromatic rings. The average molecular weight is 402 g/mol. The Morgan fingerprint density at radius 2 is 2.12 bits per heavy atom. The number of carbonyl (C=O) groups is 1. The number of ether oxygens (including phenoxy) is 1. The van der Waals surface area contributed by atoms with Crippen LogP contribution in [0, 0.1) is 6.92 Å². The number of halogens is 3. The number of benzene rings is 1. The topological polar surface area (TPSA) is 71.7 Å². The van der Waals surface area contributed by atoms with E-state index in [0.717, 1.165) is 16.9 Å². The quantitative estimate of drug-likeness (QED) is 0.630. The molecule has 0 fully saturated rings. The number of phenolic OH excluding ortho intramolecular Hbond substituents is 1. The lowest BCUT2D eigenvalue weighted by Crippen LogP contribution is -2.04. The summed E-state index contributed by atoms with van der Waals surface area (Å²) in [6.45, 7) is -0.794. The summed E-state index contributed by atoms with van der Waals surface area (Å²) in [5, 5.41) is 21.6. The monoisotopic (exact) mass is 401 g/mol. The SMILES string of the molecule is Cc1c(CC(=O)O)c2cc(O)c(Cl)cc2n1Cc1csc(OC(F)F)c1. The normalized spacial score (nSPS) is 11.4. The molecule has 0 amide bonds. The molecule has 2 aromatic heterocycles. The minimum atomic E-state index is -2.89. The largest absolute Gasteiger partial charge is 0.506 e. The number of alkyl halides is 2. The first kappa shape index (κ1) is 18.5. The fourth-order valence-corrected chi connectivity index (χ4v) is 3.82. The summed E-state index contributed by atoms with van der Waals surface area (Å²) in [5.41, 5.74) is 2.66. The Bertz CT molecular complexity index is 983. The third kappa shape index (κ3) is 3.61. The van der Waals surface area contributed by atoms with Gasteiger partial charge in [-0.2, -0.15) is 8.78 Å². The molecule has 3 rings (SSSR count). The minimum Gasteiger partial charge on any atom is -0.506 e. The second-order valence-corrected chi connectivity index (χ2v) is 6.97. The van der Waals surface area contributed by atoms with Gasteiger partial charge in [0, 0.05) is 17.6 Å². The standard InChI is InChI=1S/C17H14ClF2NO4S/c1-8-10(4-15(23)24)11-3-14(22)12(18)5-13(11)21(8)6-9-2-16(26-7-9)25-17(19)20/h2-3,5,7,17,22H,4,6H2,1H3,(H,23,24). The third-order valence-corrected chi connectivity index (χ3v) is 5.20. The van der Waals surface area contributed by atoms with Gasteiger partial charge in [0.25, 0.3) is 0 Å². The number of carboxylic acid groups (broad SMARTS) is 1. The zero-order valence-corrected chi connectivity index (χ0v) is 15.1. The number of hydrogen-bond acceptors (Lipinski definition) is 4. The maximum Gasteiger partial charge on any atom is 0.388 e. The van der Waals surface area contributed by atoms with E-state index in [1.165, 1.54) is 12.1 Å². The number of carboxylic acids is 1. The zero-order chi connectivity index (χ0) is 19.0. The molecule has 138 valence electrons. The van der Waals surface area contributed by atoms with Crippen LogP contribution in [0.5, 0.6) is 10.8 Å². The number of hydrogen-bond donors (Lipinski definition) is 2. The summed E-state index contributed by atoms with van der Waals surface area (Å²) in [5.74, 6) is -1.13. The van der Waals surface area contributed by atoms with Crippen LogP contribution in [-0.2, 0) is 17.8 Å². The van der Waals surface area contributed by atoms with E-state index in [1.807, 2.05) is 4.57 Å². The van der Waals surface area contributed by atoms with Gasteiger partial charge < -0.3 is 19.5 Å². The van der Waals surface area contributed by atoms with Gasteiger partial charge >= 0.3 is 12.6 Å². The Kier molecular flexibility index (Phi) is 5.06. The Labute approximate surface area is 156 Å². The number of thiophene rings is 1. The molecule has 0 bridgehead atoms. The predicted molar refractivity (Wildman–Crippen MR) is 94.7 cm³/mol. The molecule has 0 saturated heterocycles. The van der Waals surface area contributed by atoms with Crippen molar-refractivity contribution in [3.63, 3.8) is 0 Å². The Balaban J connectivity index is 2.07. The van der Waals surface area contributed by atoms with Gasteiger partial charge in [-0.15, -0.1) is 11.3 Å². The molecular formula is C17H14ClF2NO4S. The van der Waals surface area contributed by atoms with E-state index in [1.54, 1.807) is 18.4 Å². The van der Waals surface area contributed by atoms with E-state index >= 15 is 0 Å². The van der Waals surface area contributed by atoms with Crippen LogP contribution in [0.15, 0.2) is 23.6 Å². The lowest BCUT2D eigenvalue weighted by atomic mass is 10.1. The second kappa shape index (κ2) is 7.13. The van der Waals surface area contributed by atoms with Gasteiger partial charge in [0.1, 0.15) is 5.75 Å². The smallest absolute Gasteiger partial charge is 0.388 e. The molecule has 1 aromatic carbocycles. The van der Waals surface area contributed by atoms with Crippen LogP contribution in [0.25, 0.3) is 10.9 Å². The maximum absolute atomic E-state index is 12.3. The number of aliphatic carboxylic acids is 1. The van der Waals surface area contributed by atoms with Crippen LogP contribution in [0.4, 0.5) is 8.78 Å². The number of rotatable bonds is 6. The minimum absolute atomic E-state index is 0.102. The summed E-state index contributed by atoms with van der Waals surface area (Å²) >= 11 is 7.07. The summed E-state index contributed by atoms with van der Waals surface area (Å²) in [7, 11) is 0. The number of nitrogens with zero attached hydrogens (tertiary/aromatic N) is 1. The van der Waals surface area contributed by atoms with E-state index in [2.05, 4.69) is 4.74 Å². The van der Waals surface area contributed by atoms with Crippen molar-refractivity contribution < 1.29 is 28.5 Å². The van der Waals surface area contributed by atoms with Gasteiger partial charge in [-0.3, -0.25) is 4.79 Å². The highest BCUT2D eigenvalue weighted by atomic mass is 35.5. The van der Waals surface area contributed by atoms with Gasteiger partial charge in [-0.05, 0) is 41.6 Å². The molecule has 5 nitrogen and oxygen atoms in total. The van der Waals surface area contributed by atoms with Crippen LogP contribution >= 0.6 is 22.9 Å². The highest BCUT2D eigenvalue weighted by molar-refractivity contribution is 7.12. The van der Waals surface area contributed by atoms with Crippen molar-refractivity contribution >= 4 is 39.8 Å². The molecule has 0 saturated carbocycles. The molecule has 0 radical (unpaired) electrons. The number of phenols is 1. The molecule has 2 N–H and O–H groups in total. The molecule has 0 aliphatic heterocycles. The zero-order valence-electron chi connectivity index (χ0n) is 13.5. The van der Waals surface area contributed by atoms with E-state index in [9.17, 15) is 23.8 Å². The lowest BCUT2D eigenvalue weighted by Gasteiger charge is -2.08. The molecule has 0 aliphatic carbocycles. The van der Waals surface area contributed by atoms with Crippen LogP contribution in [0.2, 0.25) is 5.02 Å². The van der Waals surface area contributed by atoms with E-state index in [4.69, 9.17) is 11.6 Å². The number of aromatic nitrogens is 1. The Morgan fingerprint density at radius 3 is 2.77 bits per heavy atom. The van der Waals surface area contributed by atoms with E-state index in [0.29, 0.717) is 28.7 Å². The summed E-state index contributed by atoms with van der Waals surface area (Å²) in [6, 6.07) is 4.52. The first-order valence-electron chi connectivity index (χ1n) is 7.50. The fraction of sp³-hybridized carbons (Fsp3) is 0.235. The highest BCUT2D eigenvalue weighted by Gasteiger charge is 2.19. The van der Waals surface area contributed by atoms with Crippen molar-refractivity contribution in [1.82, 2.24) is 4.57 Å². The maximum atomic E-state index is 12.3. The van der Waals surface area contributed by atoms with Crippen LogP contribution < -0.4 is 4.74 Å². The van der Waals surface area contributed by atoms with Crippen molar-refractivity contribution in [3.8, 4) is 10.8 Å². The fourth-order valence-electron chi connectivity index (χ4n) is 2.90. The lowest BCUT2D eigenvalue weighted by molar-refractivity contribution is -0.136. The Hall–Kier alpha value is -2.32. The number of aromatic hydroxyl groups is 1. The van der Waals surface area contributed by atoms with Crippen LogP contribution in [0.3, 0.4) is 0 Å². The molecule has 9 heteroatoms. The molecule has 0 aliphatic rings. The van der Waals surface area contributed by atoms with Crippen molar-refractivity contribution in [3.05, 3.63) is 45.4 Å². The number of fused-ring (bicyclic) bond motifs is 1. The van der Waals surface area contributed by atoms with Gasteiger partial charge in [-0.1, -0.05) is 11.6 Å². The van der Waals surface area contributed by atoms with Gasteiger partial charge in [0.15, 0.2) is 5.06 Å². The van der Waals surface area contributed by atoms with E-state index < -0.39 is 12.6 Å². The van der Waals surface area contributed by atoms with Crippen LogP contribution in [-0.4, -0.2) is 27.4 Å². The molecule has 0 atom stereocenters. The van der Waals surface area contributed by atoms with Crippen molar-refractivity contribution in [1.29, 1.82) is 0 Å². The molecule has 0 spiro atoms. The molecular weight excluding hydrogens is 388 g/mol. The first-order chi connectivity index (χ1) is 12.3. The summed E-state index contributed by atoms with van der Waals surface area (Å²) in [6.07, 6.45) is -0.209. The summed E-state index contributed by atoms with van der Waals surface area (Å²) < 4.78 is 30.9. The predicted octanol–water partition coefficient (Wildman–Crippen LogP) is 4.65. The first-order valence-corrected chi connectivity index (χ1v) is 8.76. The van der Waals surface area contributed by atoms with Gasteiger partial charge in [-0.25, -0.2) is 0 Å². The van der Waals surface area contributed by atoms with Crippen molar-refractivity contribution in [2.24, 2.45) is 0 Å². The Morgan fingerprint density at radius 1 is 1.38 bits per heavy atom. The summed E-state index contributed by atoms with van der Waals surface area (Å²) in [4.78, 5) is 11.2.